The van der Waals surface area contributed by atoms with E-state index in [4.69, 9.17) is 4.74 Å². The van der Waals surface area contributed by atoms with E-state index >= 15 is 0 Å². The normalized spacial score (nSPS) is 10.2. The van der Waals surface area contributed by atoms with Crippen molar-refractivity contribution in [2.45, 2.75) is 26.2 Å². The van der Waals surface area contributed by atoms with Gasteiger partial charge in [0.25, 0.3) is 0 Å². The van der Waals surface area contributed by atoms with Gasteiger partial charge in [-0.25, -0.2) is 0 Å². The fraction of sp³-hybridized carbons (Fsp3) is 0.278. The zero-order valence-corrected chi connectivity index (χ0v) is 12.6. The summed E-state index contributed by atoms with van der Waals surface area (Å²) >= 11 is 0. The summed E-state index contributed by atoms with van der Waals surface area (Å²) in [4.78, 5) is 13.9. The van der Waals surface area contributed by atoms with Crippen LogP contribution in [0, 0.1) is 0 Å². The van der Waals surface area contributed by atoms with Crippen LogP contribution in [0.5, 0.6) is 11.5 Å². The second kappa shape index (κ2) is 7.48. The molecule has 0 radical (unpaired) electrons. The Labute approximate surface area is 126 Å². The van der Waals surface area contributed by atoms with Crippen molar-refractivity contribution in [3.8, 4) is 11.5 Å². The van der Waals surface area contributed by atoms with Crippen molar-refractivity contribution in [2.24, 2.45) is 0 Å². The van der Waals surface area contributed by atoms with Gasteiger partial charge in [0.1, 0.15) is 5.75 Å². The maximum Gasteiger partial charge on any atom is 0.226 e. The summed E-state index contributed by atoms with van der Waals surface area (Å²) in [6.45, 7) is 2.08. The van der Waals surface area contributed by atoms with Gasteiger partial charge < -0.3 is 9.64 Å². The van der Waals surface area contributed by atoms with E-state index in [1.54, 1.807) is 11.9 Å². The molecule has 0 saturated carbocycles. The molecule has 2 rings (SSSR count). The van der Waals surface area contributed by atoms with Crippen molar-refractivity contribution in [3.05, 3.63) is 54.6 Å². The van der Waals surface area contributed by atoms with Crippen LogP contribution in [0.3, 0.4) is 0 Å². The van der Waals surface area contributed by atoms with Crippen molar-refractivity contribution >= 4 is 11.6 Å². The molecule has 0 bridgehead atoms. The highest BCUT2D eigenvalue weighted by Gasteiger charge is 2.14. The Morgan fingerprint density at radius 1 is 1.05 bits per heavy atom. The minimum absolute atomic E-state index is 0.112. The second-order valence-electron chi connectivity index (χ2n) is 4.94. The van der Waals surface area contributed by atoms with Gasteiger partial charge in [0.15, 0.2) is 5.75 Å². The van der Waals surface area contributed by atoms with Crippen LogP contribution in [0.2, 0.25) is 0 Å². The van der Waals surface area contributed by atoms with E-state index in [0.717, 1.165) is 24.3 Å². The van der Waals surface area contributed by atoms with Crippen LogP contribution in [0.15, 0.2) is 54.6 Å². The number of carbonyl (C=O) groups excluding carboxylic acids is 1. The largest absolute Gasteiger partial charge is 0.455 e. The van der Waals surface area contributed by atoms with Gasteiger partial charge in [-0.1, -0.05) is 43.7 Å². The van der Waals surface area contributed by atoms with Crippen LogP contribution < -0.4 is 9.64 Å². The van der Waals surface area contributed by atoms with Crippen molar-refractivity contribution in [2.75, 3.05) is 11.9 Å². The van der Waals surface area contributed by atoms with Crippen molar-refractivity contribution in [1.29, 1.82) is 0 Å². The summed E-state index contributed by atoms with van der Waals surface area (Å²) in [6, 6.07) is 17.2. The molecule has 0 N–H and O–H groups in total. The quantitative estimate of drug-likeness (QED) is 0.773. The number of nitrogens with zero attached hydrogens (tertiary/aromatic N) is 1. The molecule has 3 nitrogen and oxygen atoms in total. The van der Waals surface area contributed by atoms with Crippen molar-refractivity contribution < 1.29 is 9.53 Å². The van der Waals surface area contributed by atoms with Crippen LogP contribution in [0.1, 0.15) is 26.2 Å². The van der Waals surface area contributed by atoms with Gasteiger partial charge in [0.05, 0.1) is 5.69 Å². The van der Waals surface area contributed by atoms with Gasteiger partial charge in [0, 0.05) is 13.5 Å². The van der Waals surface area contributed by atoms with E-state index in [2.05, 4.69) is 6.92 Å². The van der Waals surface area contributed by atoms with E-state index in [9.17, 15) is 4.79 Å². The number of hydrogen-bond donors (Lipinski definition) is 0. The highest BCUT2D eigenvalue weighted by molar-refractivity contribution is 5.94. The highest BCUT2D eigenvalue weighted by Crippen LogP contribution is 2.31. The van der Waals surface area contributed by atoms with E-state index in [-0.39, 0.29) is 5.91 Å². The fourth-order valence-corrected chi connectivity index (χ4v) is 2.07. The van der Waals surface area contributed by atoms with Gasteiger partial charge in [-0.15, -0.1) is 0 Å². The smallest absolute Gasteiger partial charge is 0.226 e. The van der Waals surface area contributed by atoms with Gasteiger partial charge in [0.2, 0.25) is 5.91 Å². The SMILES string of the molecule is CCCCC(=O)N(C)c1ccccc1Oc1ccccc1. The molecule has 1 amide bonds. The Morgan fingerprint density at radius 2 is 1.71 bits per heavy atom. The summed E-state index contributed by atoms with van der Waals surface area (Å²) in [5.74, 6) is 1.57. The van der Waals surface area contributed by atoms with Crippen LogP contribution in [0.4, 0.5) is 5.69 Å². The molecule has 2 aromatic carbocycles. The Kier molecular flexibility index (Phi) is 5.38. The lowest BCUT2D eigenvalue weighted by Crippen LogP contribution is -2.26. The van der Waals surface area contributed by atoms with Crippen molar-refractivity contribution in [1.82, 2.24) is 0 Å². The predicted molar refractivity (Wildman–Crippen MR) is 85.9 cm³/mol. The fourth-order valence-electron chi connectivity index (χ4n) is 2.07. The summed E-state index contributed by atoms with van der Waals surface area (Å²) < 4.78 is 5.89. The number of carbonyl (C=O) groups is 1. The third kappa shape index (κ3) is 4.09. The molecule has 0 unspecified atom stereocenters. The maximum absolute atomic E-state index is 12.2. The van der Waals surface area contributed by atoms with Crippen LogP contribution >= 0.6 is 0 Å². The van der Waals surface area contributed by atoms with E-state index < -0.39 is 0 Å². The number of hydrogen-bond acceptors (Lipinski definition) is 2. The third-order valence-electron chi connectivity index (χ3n) is 3.32. The number of anilines is 1. The standard InChI is InChI=1S/C18H21NO2/c1-3-4-14-18(20)19(2)16-12-8-9-13-17(16)21-15-10-6-5-7-11-15/h5-13H,3-4,14H2,1-2H3. The third-order valence-corrected chi connectivity index (χ3v) is 3.32. The molecule has 2 aromatic rings. The lowest BCUT2D eigenvalue weighted by atomic mass is 10.2. The Morgan fingerprint density at radius 3 is 2.43 bits per heavy atom. The Balaban J connectivity index is 2.18. The van der Waals surface area contributed by atoms with Gasteiger partial charge >= 0.3 is 0 Å². The average Bonchev–Trinajstić information content (AvgIpc) is 2.53. The van der Waals surface area contributed by atoms with Gasteiger partial charge in [-0.05, 0) is 30.7 Å². The molecule has 0 spiro atoms. The first kappa shape index (κ1) is 15.1. The van der Waals surface area contributed by atoms with Crippen LogP contribution in [0.25, 0.3) is 0 Å². The lowest BCUT2D eigenvalue weighted by molar-refractivity contribution is -0.118. The molecule has 110 valence electrons. The number of amides is 1. The highest BCUT2D eigenvalue weighted by atomic mass is 16.5. The molecule has 0 saturated heterocycles. The van der Waals surface area contributed by atoms with Gasteiger partial charge in [-0.2, -0.15) is 0 Å². The van der Waals surface area contributed by atoms with E-state index in [1.165, 1.54) is 0 Å². The topological polar surface area (TPSA) is 29.5 Å². The monoisotopic (exact) mass is 283 g/mol. The number of ether oxygens (including phenoxy) is 1. The zero-order valence-electron chi connectivity index (χ0n) is 12.6. The zero-order chi connectivity index (χ0) is 15.1. The van der Waals surface area contributed by atoms with E-state index in [1.807, 2.05) is 54.6 Å². The molecule has 0 aliphatic rings. The Hall–Kier alpha value is -2.29. The first-order valence-corrected chi connectivity index (χ1v) is 7.31. The summed E-state index contributed by atoms with van der Waals surface area (Å²) in [6.07, 6.45) is 2.49. The molecule has 0 atom stereocenters. The summed E-state index contributed by atoms with van der Waals surface area (Å²) in [5.41, 5.74) is 0.794. The number of benzene rings is 2. The van der Waals surface area contributed by atoms with E-state index in [0.29, 0.717) is 12.2 Å². The van der Waals surface area contributed by atoms with Crippen LogP contribution in [-0.2, 0) is 4.79 Å². The minimum Gasteiger partial charge on any atom is -0.455 e. The molecular weight excluding hydrogens is 262 g/mol. The first-order valence-electron chi connectivity index (χ1n) is 7.31. The Bertz CT molecular complexity index is 581. The minimum atomic E-state index is 0.112. The molecule has 0 fully saturated rings. The van der Waals surface area contributed by atoms with Crippen LogP contribution in [-0.4, -0.2) is 13.0 Å². The number of unbranched alkanes of at least 4 members (excludes halogenated alkanes) is 1. The first-order chi connectivity index (χ1) is 10.2. The molecular formula is C18H21NO2. The molecule has 21 heavy (non-hydrogen) atoms. The lowest BCUT2D eigenvalue weighted by Gasteiger charge is -2.20. The predicted octanol–water partition coefficient (Wildman–Crippen LogP) is 4.63. The molecule has 0 heterocycles. The molecule has 0 aliphatic carbocycles. The second-order valence-corrected chi connectivity index (χ2v) is 4.94. The summed E-state index contributed by atoms with van der Waals surface area (Å²) in [7, 11) is 1.80. The van der Waals surface area contributed by atoms with Crippen molar-refractivity contribution in [3.63, 3.8) is 0 Å². The molecule has 0 aromatic heterocycles. The average molecular weight is 283 g/mol. The number of rotatable bonds is 6. The molecule has 3 heteroatoms. The molecule has 0 aliphatic heterocycles. The van der Waals surface area contributed by atoms with Gasteiger partial charge in [-0.3, -0.25) is 4.79 Å². The number of para-hydroxylation sites is 3. The summed E-state index contributed by atoms with van der Waals surface area (Å²) in [5, 5.41) is 0. The maximum atomic E-state index is 12.2.